The summed E-state index contributed by atoms with van der Waals surface area (Å²) in [6.07, 6.45) is 6.74. The Labute approximate surface area is 287 Å². The quantitative estimate of drug-likeness (QED) is 0.275. The number of halogens is 1. The van der Waals surface area contributed by atoms with Gasteiger partial charge in [0.2, 0.25) is 10.0 Å². The molecular weight excluding hydrogens is 650 g/mol. The molecule has 0 saturated carbocycles. The Bertz CT molecular complexity index is 1770. The SMILES string of the molecule is CCC1=C(N2CC3CN(S(=O)(=O)CCCN4CCOCC4)CC3C2)C=Cc2nc(CC)c(N(C)c3nc(-c4ccc(F)cc4)cs3)n2C1. The summed E-state index contributed by atoms with van der Waals surface area (Å²) in [5.74, 6) is 2.61. The van der Waals surface area contributed by atoms with Crippen molar-refractivity contribution in [3.05, 3.63) is 64.3 Å². The molecular formula is C35H46FN7O3S2. The third kappa shape index (κ3) is 6.72. The fraction of sp³-hybridized carbons (Fsp3) is 0.543. The van der Waals surface area contributed by atoms with E-state index in [0.29, 0.717) is 31.3 Å². The number of nitrogens with zero attached hydrogens (tertiary/aromatic N) is 7. The van der Waals surface area contributed by atoms with Crippen LogP contribution >= 0.6 is 11.3 Å². The van der Waals surface area contributed by atoms with Crippen LogP contribution in [0.25, 0.3) is 17.3 Å². The van der Waals surface area contributed by atoms with E-state index >= 15 is 0 Å². The zero-order valence-corrected chi connectivity index (χ0v) is 29.8. The van der Waals surface area contributed by atoms with Gasteiger partial charge < -0.3 is 19.1 Å². The number of benzene rings is 1. The highest BCUT2D eigenvalue weighted by Gasteiger charge is 2.44. The van der Waals surface area contributed by atoms with Crippen LogP contribution < -0.4 is 4.90 Å². The van der Waals surface area contributed by atoms with Crippen LogP contribution in [-0.2, 0) is 27.7 Å². The van der Waals surface area contributed by atoms with E-state index in [1.54, 1.807) is 27.8 Å². The third-order valence-corrected chi connectivity index (χ3v) is 13.1. The normalized spacial score (nSPS) is 22.0. The van der Waals surface area contributed by atoms with Gasteiger partial charge in [0, 0.05) is 69.5 Å². The Kier molecular flexibility index (Phi) is 9.76. The maximum absolute atomic E-state index is 13.5. The minimum absolute atomic E-state index is 0.220. The summed E-state index contributed by atoms with van der Waals surface area (Å²) in [7, 11) is -1.21. The molecule has 1 aromatic carbocycles. The molecule has 2 atom stereocenters. The predicted octanol–water partition coefficient (Wildman–Crippen LogP) is 5.08. The lowest BCUT2D eigenvalue weighted by molar-refractivity contribution is 0.0380. The number of rotatable bonds is 11. The van der Waals surface area contributed by atoms with Crippen molar-refractivity contribution < 1.29 is 17.5 Å². The summed E-state index contributed by atoms with van der Waals surface area (Å²) in [5.41, 5.74) is 5.33. The molecule has 4 aliphatic heterocycles. The van der Waals surface area contributed by atoms with Crippen molar-refractivity contribution in [2.24, 2.45) is 11.8 Å². The number of aromatic nitrogens is 3. The maximum atomic E-state index is 13.5. The highest BCUT2D eigenvalue weighted by atomic mass is 32.2. The Morgan fingerprint density at radius 1 is 1.00 bits per heavy atom. The van der Waals surface area contributed by atoms with E-state index < -0.39 is 10.0 Å². The Morgan fingerprint density at radius 2 is 1.73 bits per heavy atom. The smallest absolute Gasteiger partial charge is 0.214 e. The van der Waals surface area contributed by atoms with E-state index in [0.717, 1.165) is 99.0 Å². The van der Waals surface area contributed by atoms with Crippen molar-refractivity contribution in [2.75, 3.05) is 76.7 Å². The molecule has 7 rings (SSSR count). The third-order valence-electron chi connectivity index (χ3n) is 10.3. The number of hydrogen-bond acceptors (Lipinski definition) is 9. The molecule has 10 nitrogen and oxygen atoms in total. The van der Waals surface area contributed by atoms with Crippen molar-refractivity contribution in [1.82, 2.24) is 28.6 Å². The van der Waals surface area contributed by atoms with Gasteiger partial charge in [0.25, 0.3) is 0 Å². The Hall–Kier alpha value is -3.10. The van der Waals surface area contributed by atoms with Crippen molar-refractivity contribution in [3.8, 4) is 11.3 Å². The minimum atomic E-state index is -3.26. The van der Waals surface area contributed by atoms with Crippen molar-refractivity contribution >= 4 is 38.4 Å². The fourth-order valence-corrected chi connectivity index (χ4v) is 10.0. The fourth-order valence-electron chi connectivity index (χ4n) is 7.63. The molecule has 0 bridgehead atoms. The molecule has 0 aliphatic carbocycles. The van der Waals surface area contributed by atoms with Crippen LogP contribution in [0.4, 0.5) is 15.3 Å². The number of allylic oxidation sites excluding steroid dienone is 2. The standard InChI is InChI=1S/C35H46FN7O3S2/c1-4-25-23-43-33(37-30(5-2)34(43)39(3)35-38-31(24-47-35)26-7-9-29(36)10-8-26)12-11-32(25)41-19-27-21-42(22-28(27)20-41)48(44,45)18-6-13-40-14-16-46-17-15-40/h7-12,24,27-28H,4-6,13-23H2,1-3H3. The summed E-state index contributed by atoms with van der Waals surface area (Å²) in [6.45, 7) is 12.1. The molecule has 6 heterocycles. The lowest BCUT2D eigenvalue weighted by atomic mass is 10.0. The van der Waals surface area contributed by atoms with Crippen molar-refractivity contribution in [1.29, 1.82) is 0 Å². The van der Waals surface area contributed by atoms with Gasteiger partial charge in [-0.15, -0.1) is 11.3 Å². The highest BCUT2D eigenvalue weighted by Crippen LogP contribution is 2.39. The first-order valence-electron chi connectivity index (χ1n) is 17.2. The second-order valence-electron chi connectivity index (χ2n) is 13.3. The minimum Gasteiger partial charge on any atom is -0.379 e. The molecule has 48 heavy (non-hydrogen) atoms. The van der Waals surface area contributed by atoms with Crippen LogP contribution in [-0.4, -0.2) is 109 Å². The summed E-state index contributed by atoms with van der Waals surface area (Å²) in [4.78, 5) is 16.9. The molecule has 3 saturated heterocycles. The van der Waals surface area contributed by atoms with Gasteiger partial charge in [-0.25, -0.2) is 27.1 Å². The second-order valence-corrected chi connectivity index (χ2v) is 16.2. The molecule has 13 heteroatoms. The molecule has 2 aromatic heterocycles. The van der Waals surface area contributed by atoms with E-state index in [1.165, 1.54) is 23.4 Å². The van der Waals surface area contributed by atoms with Crippen LogP contribution in [0.3, 0.4) is 0 Å². The summed E-state index contributed by atoms with van der Waals surface area (Å²) in [6, 6.07) is 6.45. The molecule has 0 N–H and O–H groups in total. The summed E-state index contributed by atoms with van der Waals surface area (Å²) >= 11 is 1.57. The number of morpholine rings is 1. The van der Waals surface area contributed by atoms with Gasteiger partial charge in [0.05, 0.1) is 30.4 Å². The number of thiazole rings is 1. The molecule has 2 unspecified atom stereocenters. The monoisotopic (exact) mass is 695 g/mol. The number of fused-ring (bicyclic) bond motifs is 2. The molecule has 3 fully saturated rings. The zero-order chi connectivity index (χ0) is 33.4. The molecule has 3 aromatic rings. The van der Waals surface area contributed by atoms with Crippen LogP contribution in [0.5, 0.6) is 0 Å². The van der Waals surface area contributed by atoms with Gasteiger partial charge >= 0.3 is 0 Å². The van der Waals surface area contributed by atoms with Gasteiger partial charge in [0.1, 0.15) is 17.5 Å². The first-order chi connectivity index (χ1) is 23.2. The van der Waals surface area contributed by atoms with E-state index in [-0.39, 0.29) is 11.6 Å². The first-order valence-corrected chi connectivity index (χ1v) is 19.7. The van der Waals surface area contributed by atoms with Gasteiger partial charge in [-0.2, -0.15) is 0 Å². The maximum Gasteiger partial charge on any atom is 0.214 e. The predicted molar refractivity (Wildman–Crippen MR) is 189 cm³/mol. The number of ether oxygens (including phenoxy) is 1. The number of anilines is 2. The van der Waals surface area contributed by atoms with Crippen LogP contribution in [0.1, 0.15) is 38.2 Å². The summed E-state index contributed by atoms with van der Waals surface area (Å²) in [5, 5.41) is 2.87. The van der Waals surface area contributed by atoms with Gasteiger partial charge in [-0.05, 0) is 79.6 Å². The van der Waals surface area contributed by atoms with E-state index in [1.807, 2.05) is 12.4 Å². The lowest BCUT2D eigenvalue weighted by Crippen LogP contribution is -2.39. The second kappa shape index (κ2) is 14.0. The topological polar surface area (TPSA) is 87.0 Å². The lowest BCUT2D eigenvalue weighted by Gasteiger charge is -2.27. The van der Waals surface area contributed by atoms with Gasteiger partial charge in [-0.1, -0.05) is 13.8 Å². The van der Waals surface area contributed by atoms with E-state index in [9.17, 15) is 12.8 Å². The Morgan fingerprint density at radius 3 is 2.42 bits per heavy atom. The van der Waals surface area contributed by atoms with Crippen molar-refractivity contribution in [2.45, 2.75) is 39.7 Å². The summed E-state index contributed by atoms with van der Waals surface area (Å²) < 4.78 is 49.6. The number of aryl methyl sites for hydroxylation is 1. The number of imidazole rings is 1. The largest absolute Gasteiger partial charge is 0.379 e. The number of likely N-dealkylation sites (tertiary alicyclic amines) is 1. The Balaban J connectivity index is 1.04. The molecule has 0 radical (unpaired) electrons. The average Bonchev–Trinajstić information content (AvgIpc) is 3.87. The highest BCUT2D eigenvalue weighted by molar-refractivity contribution is 7.89. The first kappa shape index (κ1) is 33.4. The number of sulfonamides is 1. The van der Waals surface area contributed by atoms with Crippen LogP contribution in [0, 0.1) is 17.7 Å². The molecule has 258 valence electrons. The molecule has 4 aliphatic rings. The van der Waals surface area contributed by atoms with Crippen molar-refractivity contribution in [3.63, 3.8) is 0 Å². The zero-order valence-electron chi connectivity index (χ0n) is 28.1. The van der Waals surface area contributed by atoms with Crippen LogP contribution in [0.15, 0.2) is 47.0 Å². The average molecular weight is 696 g/mol. The number of hydrogen-bond donors (Lipinski definition) is 0. The molecule has 0 amide bonds. The molecule has 0 spiro atoms. The van der Waals surface area contributed by atoms with E-state index in [4.69, 9.17) is 14.7 Å². The van der Waals surface area contributed by atoms with Gasteiger partial charge in [-0.3, -0.25) is 4.90 Å². The van der Waals surface area contributed by atoms with Gasteiger partial charge in [0.15, 0.2) is 5.13 Å². The van der Waals surface area contributed by atoms with Crippen LogP contribution in [0.2, 0.25) is 0 Å². The van der Waals surface area contributed by atoms with E-state index in [2.05, 4.69) is 45.3 Å².